The van der Waals surface area contributed by atoms with E-state index in [1.807, 2.05) is 60.7 Å². The Labute approximate surface area is 255 Å². The average Bonchev–Trinajstić information content (AvgIpc) is 3.04. The molecule has 0 bridgehead atoms. The van der Waals surface area contributed by atoms with Crippen LogP contribution >= 0.6 is 11.8 Å². The van der Waals surface area contributed by atoms with Gasteiger partial charge in [0, 0.05) is 12.2 Å². The number of benzene rings is 3. The number of hydrogen-bond acceptors (Lipinski definition) is 9. The molecule has 2 amide bonds. The molecular weight excluding hydrogens is 572 g/mol. The highest BCUT2D eigenvalue weighted by Gasteiger charge is 2.31. The number of esters is 2. The highest BCUT2D eigenvalue weighted by molar-refractivity contribution is 8.00. The standard InChI is InChI=1S/C32H36N2O8S/c1-4-41-31(37)28(24-15-17-25(39-2)18-16-24)43-21-27(30(36)40-3)33-29(35)26(19-22-11-7-5-8-12-22)34-32(38)42-20-23-13-9-6-10-14-23/h5-18,26-28H,4,19-21H2,1-3H3,(H,33,35)(H,34,38)/t26-,27-,28?/m0/s1. The van der Waals surface area contributed by atoms with E-state index in [9.17, 15) is 19.2 Å². The van der Waals surface area contributed by atoms with Gasteiger partial charge in [0.05, 0.1) is 20.8 Å². The van der Waals surface area contributed by atoms with Crippen molar-refractivity contribution < 1.29 is 38.1 Å². The van der Waals surface area contributed by atoms with Crippen molar-refractivity contribution in [3.8, 4) is 5.75 Å². The Balaban J connectivity index is 1.74. The lowest BCUT2D eigenvalue weighted by atomic mass is 10.1. The van der Waals surface area contributed by atoms with Crippen LogP contribution in [0, 0.1) is 0 Å². The zero-order chi connectivity index (χ0) is 31.0. The summed E-state index contributed by atoms with van der Waals surface area (Å²) in [6.45, 7) is 1.90. The first-order chi connectivity index (χ1) is 20.8. The van der Waals surface area contributed by atoms with Gasteiger partial charge in [-0.1, -0.05) is 72.8 Å². The number of rotatable bonds is 15. The zero-order valence-corrected chi connectivity index (χ0v) is 25.1. The number of alkyl carbamates (subject to hydrolysis) is 1. The maximum absolute atomic E-state index is 13.5. The van der Waals surface area contributed by atoms with Gasteiger partial charge in [-0.2, -0.15) is 0 Å². The van der Waals surface area contributed by atoms with Crippen molar-refractivity contribution in [2.45, 2.75) is 37.3 Å². The minimum atomic E-state index is -1.13. The summed E-state index contributed by atoms with van der Waals surface area (Å²) in [5.74, 6) is -1.20. The monoisotopic (exact) mass is 608 g/mol. The predicted molar refractivity (Wildman–Crippen MR) is 162 cm³/mol. The first kappa shape index (κ1) is 33.0. The lowest BCUT2D eigenvalue weighted by Gasteiger charge is -2.23. The smallest absolute Gasteiger partial charge is 0.408 e. The molecule has 228 valence electrons. The SMILES string of the molecule is CCOC(=O)C(SC[C@H](NC(=O)[C@H](Cc1ccccc1)NC(=O)OCc1ccccc1)C(=O)OC)c1ccc(OC)cc1. The summed E-state index contributed by atoms with van der Waals surface area (Å²) in [4.78, 5) is 51.8. The fourth-order valence-electron chi connectivity index (χ4n) is 4.04. The van der Waals surface area contributed by atoms with E-state index in [4.69, 9.17) is 18.9 Å². The summed E-state index contributed by atoms with van der Waals surface area (Å²) < 4.78 is 20.7. The highest BCUT2D eigenvalue weighted by Crippen LogP contribution is 2.32. The fraction of sp³-hybridized carbons (Fsp3) is 0.312. The Hall–Kier alpha value is -4.51. The van der Waals surface area contributed by atoms with Crippen molar-refractivity contribution in [2.24, 2.45) is 0 Å². The summed E-state index contributed by atoms with van der Waals surface area (Å²) in [5, 5.41) is 4.53. The first-order valence-electron chi connectivity index (χ1n) is 13.7. The van der Waals surface area contributed by atoms with E-state index in [1.54, 1.807) is 38.3 Å². The van der Waals surface area contributed by atoms with Crippen LogP contribution in [0.2, 0.25) is 0 Å². The van der Waals surface area contributed by atoms with Gasteiger partial charge in [0.1, 0.15) is 29.7 Å². The maximum atomic E-state index is 13.5. The summed E-state index contributed by atoms with van der Waals surface area (Å²) in [5.41, 5.74) is 2.22. The lowest BCUT2D eigenvalue weighted by Crippen LogP contribution is -2.53. The van der Waals surface area contributed by atoms with Gasteiger partial charge in [-0.3, -0.25) is 9.59 Å². The van der Waals surface area contributed by atoms with Gasteiger partial charge in [-0.15, -0.1) is 11.8 Å². The number of amides is 2. The van der Waals surface area contributed by atoms with Crippen LogP contribution in [0.5, 0.6) is 5.75 Å². The summed E-state index contributed by atoms with van der Waals surface area (Å²) in [6.07, 6.45) is -0.642. The minimum Gasteiger partial charge on any atom is -0.497 e. The third kappa shape index (κ3) is 10.7. The van der Waals surface area contributed by atoms with Crippen molar-refractivity contribution in [1.29, 1.82) is 0 Å². The van der Waals surface area contributed by atoms with Crippen LogP contribution in [-0.4, -0.2) is 62.6 Å². The van der Waals surface area contributed by atoms with Gasteiger partial charge in [0.15, 0.2) is 0 Å². The Morgan fingerprint density at radius 2 is 1.37 bits per heavy atom. The van der Waals surface area contributed by atoms with Crippen LogP contribution in [0.1, 0.15) is 28.9 Å². The van der Waals surface area contributed by atoms with Gasteiger partial charge in [-0.05, 0) is 35.7 Å². The van der Waals surface area contributed by atoms with Gasteiger partial charge < -0.3 is 29.6 Å². The largest absolute Gasteiger partial charge is 0.497 e. The zero-order valence-electron chi connectivity index (χ0n) is 24.3. The second-order valence-corrected chi connectivity index (χ2v) is 10.4. The molecule has 0 aromatic heterocycles. The molecule has 3 aromatic rings. The van der Waals surface area contributed by atoms with Crippen molar-refractivity contribution in [3.05, 3.63) is 102 Å². The molecule has 0 aliphatic carbocycles. The van der Waals surface area contributed by atoms with Crippen LogP contribution in [0.25, 0.3) is 0 Å². The molecule has 0 aliphatic rings. The number of carbonyl (C=O) groups excluding carboxylic acids is 4. The van der Waals surface area contributed by atoms with Crippen LogP contribution in [0.3, 0.4) is 0 Å². The van der Waals surface area contributed by atoms with Gasteiger partial charge in [-0.25, -0.2) is 9.59 Å². The average molecular weight is 609 g/mol. The molecule has 0 aliphatic heterocycles. The third-order valence-corrected chi connectivity index (χ3v) is 7.58. The van der Waals surface area contributed by atoms with Crippen LogP contribution in [0.15, 0.2) is 84.9 Å². The molecule has 10 nitrogen and oxygen atoms in total. The van der Waals surface area contributed by atoms with E-state index in [0.717, 1.165) is 22.9 Å². The molecule has 0 saturated carbocycles. The third-order valence-electron chi connectivity index (χ3n) is 6.25. The van der Waals surface area contributed by atoms with E-state index in [1.165, 1.54) is 7.11 Å². The number of thioether (sulfide) groups is 1. The molecule has 0 spiro atoms. The second kappa shape index (κ2) is 17.4. The van der Waals surface area contributed by atoms with Crippen molar-refractivity contribution in [3.63, 3.8) is 0 Å². The van der Waals surface area contributed by atoms with E-state index in [2.05, 4.69) is 10.6 Å². The number of nitrogens with one attached hydrogen (secondary N) is 2. The quantitative estimate of drug-likeness (QED) is 0.192. The molecule has 0 heterocycles. The minimum absolute atomic E-state index is 0.00949. The van der Waals surface area contributed by atoms with E-state index in [0.29, 0.717) is 11.3 Å². The first-order valence-corrected chi connectivity index (χ1v) is 14.7. The Kier molecular flexibility index (Phi) is 13.4. The maximum Gasteiger partial charge on any atom is 0.408 e. The Morgan fingerprint density at radius 3 is 1.95 bits per heavy atom. The molecule has 2 N–H and O–H groups in total. The van der Waals surface area contributed by atoms with E-state index < -0.39 is 41.3 Å². The van der Waals surface area contributed by atoms with Gasteiger partial charge >= 0.3 is 18.0 Å². The number of carbonyl (C=O) groups is 4. The van der Waals surface area contributed by atoms with Crippen LogP contribution in [-0.2, 0) is 41.6 Å². The number of ether oxygens (including phenoxy) is 4. The summed E-state index contributed by atoms with van der Waals surface area (Å²) >= 11 is 1.12. The number of methoxy groups -OCH3 is 2. The van der Waals surface area contributed by atoms with E-state index >= 15 is 0 Å². The molecule has 43 heavy (non-hydrogen) atoms. The molecule has 0 fully saturated rings. The van der Waals surface area contributed by atoms with E-state index in [-0.39, 0.29) is 25.4 Å². The fourth-order valence-corrected chi connectivity index (χ4v) is 5.20. The van der Waals surface area contributed by atoms with Crippen molar-refractivity contribution in [2.75, 3.05) is 26.6 Å². The molecule has 3 atom stereocenters. The van der Waals surface area contributed by atoms with Crippen LogP contribution < -0.4 is 15.4 Å². The molecule has 3 rings (SSSR count). The van der Waals surface area contributed by atoms with Gasteiger partial charge in [0.25, 0.3) is 0 Å². The normalized spacial score (nSPS) is 12.6. The highest BCUT2D eigenvalue weighted by atomic mass is 32.2. The topological polar surface area (TPSA) is 129 Å². The summed E-state index contributed by atoms with van der Waals surface area (Å²) in [6, 6.07) is 23.0. The van der Waals surface area contributed by atoms with Crippen LogP contribution in [0.4, 0.5) is 4.79 Å². The summed E-state index contributed by atoms with van der Waals surface area (Å²) in [7, 11) is 2.75. The Morgan fingerprint density at radius 1 is 0.744 bits per heavy atom. The molecule has 1 unspecified atom stereocenters. The van der Waals surface area contributed by atoms with Crippen molar-refractivity contribution in [1.82, 2.24) is 10.6 Å². The molecule has 0 radical (unpaired) electrons. The molecule has 0 saturated heterocycles. The van der Waals surface area contributed by atoms with Gasteiger partial charge in [0.2, 0.25) is 5.91 Å². The molecule has 3 aromatic carbocycles. The second-order valence-electron chi connectivity index (χ2n) is 9.27. The number of hydrogen-bond donors (Lipinski definition) is 2. The predicted octanol–water partition coefficient (Wildman–Crippen LogP) is 4.23. The Bertz CT molecular complexity index is 1320. The molecule has 11 heteroatoms. The van der Waals surface area contributed by atoms with Crippen molar-refractivity contribution >= 4 is 35.7 Å². The lowest BCUT2D eigenvalue weighted by molar-refractivity contribution is -0.144. The molecular formula is C32H36N2O8S.